The van der Waals surface area contributed by atoms with Crippen molar-refractivity contribution >= 4 is 23.0 Å². The Labute approximate surface area is 202 Å². The van der Waals surface area contributed by atoms with Crippen molar-refractivity contribution in [2.24, 2.45) is 0 Å². The first-order valence-corrected chi connectivity index (χ1v) is 12.4. The van der Waals surface area contributed by atoms with Gasteiger partial charge in [0, 0.05) is 18.8 Å². The van der Waals surface area contributed by atoms with E-state index in [1.807, 2.05) is 6.07 Å². The summed E-state index contributed by atoms with van der Waals surface area (Å²) in [5, 5.41) is 12.7. The van der Waals surface area contributed by atoms with E-state index in [0.29, 0.717) is 11.4 Å². The molecule has 1 aliphatic heterocycles. The SMILES string of the molecule is CCCCN(CCCC)c1cccc(CCc2ccc3c(c2)Oc2cccc(C(=O)O)c2N3)c1. The molecule has 178 valence electrons. The van der Waals surface area contributed by atoms with E-state index in [4.69, 9.17) is 4.74 Å². The van der Waals surface area contributed by atoms with E-state index in [2.05, 4.69) is 60.5 Å². The van der Waals surface area contributed by atoms with Crippen LogP contribution in [0.4, 0.5) is 17.1 Å². The summed E-state index contributed by atoms with van der Waals surface area (Å²) in [4.78, 5) is 14.1. The largest absolute Gasteiger partial charge is 0.478 e. The Kier molecular flexibility index (Phi) is 7.73. The van der Waals surface area contributed by atoms with Crippen LogP contribution in [0.5, 0.6) is 11.5 Å². The second-order valence-corrected chi connectivity index (χ2v) is 8.91. The number of nitrogens with one attached hydrogen (secondary N) is 1. The third-order valence-electron chi connectivity index (χ3n) is 6.32. The topological polar surface area (TPSA) is 61.8 Å². The molecule has 5 nitrogen and oxygen atoms in total. The average molecular weight is 459 g/mol. The van der Waals surface area contributed by atoms with Gasteiger partial charge in [-0.1, -0.05) is 51.0 Å². The summed E-state index contributed by atoms with van der Waals surface area (Å²) in [6, 6.07) is 20.1. The molecule has 0 unspecified atom stereocenters. The monoisotopic (exact) mass is 458 g/mol. The van der Waals surface area contributed by atoms with E-state index < -0.39 is 5.97 Å². The molecule has 3 aromatic rings. The van der Waals surface area contributed by atoms with Crippen molar-refractivity contribution in [2.45, 2.75) is 52.4 Å². The van der Waals surface area contributed by atoms with Gasteiger partial charge in [-0.2, -0.15) is 0 Å². The highest BCUT2D eigenvalue weighted by molar-refractivity contribution is 5.98. The molecule has 1 aliphatic rings. The van der Waals surface area contributed by atoms with E-state index >= 15 is 0 Å². The maximum Gasteiger partial charge on any atom is 0.337 e. The Morgan fingerprint density at radius 3 is 2.29 bits per heavy atom. The first-order chi connectivity index (χ1) is 16.6. The third-order valence-corrected chi connectivity index (χ3v) is 6.32. The van der Waals surface area contributed by atoms with Crippen molar-refractivity contribution in [1.29, 1.82) is 0 Å². The number of carboxylic acid groups (broad SMARTS) is 1. The van der Waals surface area contributed by atoms with Crippen LogP contribution in [0.3, 0.4) is 0 Å². The second-order valence-electron chi connectivity index (χ2n) is 8.91. The van der Waals surface area contributed by atoms with Crippen LogP contribution in [0.1, 0.15) is 61.0 Å². The molecule has 0 radical (unpaired) electrons. The minimum Gasteiger partial charge on any atom is -0.478 e. The van der Waals surface area contributed by atoms with Crippen LogP contribution in [0.15, 0.2) is 60.7 Å². The number of aromatic carboxylic acids is 1. The Morgan fingerprint density at radius 1 is 0.882 bits per heavy atom. The van der Waals surface area contributed by atoms with E-state index in [1.54, 1.807) is 18.2 Å². The quantitative estimate of drug-likeness (QED) is 0.245. The highest BCUT2D eigenvalue weighted by Crippen LogP contribution is 2.44. The van der Waals surface area contributed by atoms with E-state index in [1.165, 1.54) is 42.5 Å². The molecule has 5 heteroatoms. The highest BCUT2D eigenvalue weighted by Gasteiger charge is 2.22. The number of ether oxygens (including phenoxy) is 1. The molecule has 3 aromatic carbocycles. The number of para-hydroxylation sites is 1. The molecular formula is C29H34N2O3. The number of carbonyl (C=O) groups is 1. The molecule has 2 N–H and O–H groups in total. The normalized spacial score (nSPS) is 11.7. The lowest BCUT2D eigenvalue weighted by Gasteiger charge is -2.25. The average Bonchev–Trinajstić information content (AvgIpc) is 2.86. The summed E-state index contributed by atoms with van der Waals surface area (Å²) in [5.41, 5.74) is 5.35. The Morgan fingerprint density at radius 2 is 1.59 bits per heavy atom. The van der Waals surface area contributed by atoms with Crippen LogP contribution in [0.25, 0.3) is 0 Å². The summed E-state index contributed by atoms with van der Waals surface area (Å²) in [6.45, 7) is 6.71. The number of anilines is 3. The van der Waals surface area contributed by atoms with Crippen LogP contribution in [0.2, 0.25) is 0 Å². The van der Waals surface area contributed by atoms with Gasteiger partial charge in [-0.05, 0) is 73.2 Å². The first-order valence-electron chi connectivity index (χ1n) is 12.4. The van der Waals surface area contributed by atoms with Crippen molar-refractivity contribution < 1.29 is 14.6 Å². The van der Waals surface area contributed by atoms with Gasteiger partial charge in [0.15, 0.2) is 11.5 Å². The number of carboxylic acids is 1. The van der Waals surface area contributed by atoms with Gasteiger partial charge in [-0.3, -0.25) is 0 Å². The second kappa shape index (κ2) is 11.1. The van der Waals surface area contributed by atoms with Gasteiger partial charge in [0.05, 0.1) is 16.9 Å². The van der Waals surface area contributed by atoms with Crippen LogP contribution in [-0.2, 0) is 12.8 Å². The number of nitrogens with zero attached hydrogens (tertiary/aromatic N) is 1. The molecule has 0 saturated heterocycles. The van der Waals surface area contributed by atoms with Gasteiger partial charge in [0.1, 0.15) is 0 Å². The molecule has 0 saturated carbocycles. The minimum atomic E-state index is -0.974. The fraction of sp³-hybridized carbons (Fsp3) is 0.345. The lowest BCUT2D eigenvalue weighted by molar-refractivity contribution is 0.0697. The number of hydrogen-bond acceptors (Lipinski definition) is 4. The number of fused-ring (bicyclic) bond motifs is 2. The van der Waals surface area contributed by atoms with Crippen LogP contribution < -0.4 is 15.0 Å². The first kappa shape index (κ1) is 23.7. The summed E-state index contributed by atoms with van der Waals surface area (Å²) in [7, 11) is 0. The van der Waals surface area contributed by atoms with Gasteiger partial charge in [0.2, 0.25) is 0 Å². The lowest BCUT2D eigenvalue weighted by atomic mass is 10.0. The molecule has 0 atom stereocenters. The summed E-state index contributed by atoms with van der Waals surface area (Å²) < 4.78 is 6.05. The van der Waals surface area contributed by atoms with Crippen molar-refractivity contribution in [3.63, 3.8) is 0 Å². The number of rotatable bonds is 11. The van der Waals surface area contributed by atoms with Gasteiger partial charge in [0.25, 0.3) is 0 Å². The maximum atomic E-state index is 11.5. The number of unbranched alkanes of at least 4 members (excludes halogenated alkanes) is 2. The van der Waals surface area contributed by atoms with Crippen molar-refractivity contribution in [3.8, 4) is 11.5 Å². The maximum absolute atomic E-state index is 11.5. The van der Waals surface area contributed by atoms with Crippen LogP contribution >= 0.6 is 0 Å². The Balaban J connectivity index is 1.45. The molecule has 0 aromatic heterocycles. The van der Waals surface area contributed by atoms with Gasteiger partial charge < -0.3 is 20.1 Å². The fourth-order valence-electron chi connectivity index (χ4n) is 4.35. The molecule has 4 rings (SSSR count). The van der Waals surface area contributed by atoms with Crippen LogP contribution in [0, 0.1) is 0 Å². The van der Waals surface area contributed by atoms with Gasteiger partial charge in [-0.15, -0.1) is 0 Å². The standard InChI is InChI=1S/C29H34N2O3/c1-3-5-17-31(18-6-4-2)23-10-7-9-21(19-23)13-14-22-15-16-25-27(20-22)34-26-12-8-11-24(29(32)33)28(26)30-25/h7-12,15-16,19-20,30H,3-6,13-14,17-18H2,1-2H3,(H,32,33). The molecule has 0 fully saturated rings. The van der Waals surface area contributed by atoms with E-state index in [9.17, 15) is 9.90 Å². The molecule has 34 heavy (non-hydrogen) atoms. The predicted octanol–water partition coefficient (Wildman–Crippen LogP) is 7.43. The Hall–Kier alpha value is -3.47. The third kappa shape index (κ3) is 5.53. The minimum absolute atomic E-state index is 0.207. The predicted molar refractivity (Wildman–Crippen MR) is 139 cm³/mol. The van der Waals surface area contributed by atoms with Crippen molar-refractivity contribution in [3.05, 3.63) is 77.4 Å². The molecular weight excluding hydrogens is 424 g/mol. The molecule has 0 amide bonds. The summed E-state index contributed by atoms with van der Waals surface area (Å²) >= 11 is 0. The lowest BCUT2D eigenvalue weighted by Crippen LogP contribution is -2.25. The molecule has 0 bridgehead atoms. The number of hydrogen-bond donors (Lipinski definition) is 2. The highest BCUT2D eigenvalue weighted by atomic mass is 16.5. The zero-order valence-corrected chi connectivity index (χ0v) is 20.1. The molecule has 1 heterocycles. The molecule has 0 aliphatic carbocycles. The zero-order valence-electron chi connectivity index (χ0n) is 20.1. The summed E-state index contributed by atoms with van der Waals surface area (Å²) in [6.07, 6.45) is 6.71. The van der Waals surface area contributed by atoms with E-state index in [0.717, 1.165) is 37.4 Å². The smallest absolute Gasteiger partial charge is 0.337 e. The van der Waals surface area contributed by atoms with Crippen molar-refractivity contribution in [1.82, 2.24) is 0 Å². The summed E-state index contributed by atoms with van der Waals surface area (Å²) in [5.74, 6) is 0.293. The van der Waals surface area contributed by atoms with E-state index in [-0.39, 0.29) is 5.56 Å². The number of benzene rings is 3. The fourth-order valence-corrected chi connectivity index (χ4v) is 4.35. The van der Waals surface area contributed by atoms with Crippen LogP contribution in [-0.4, -0.2) is 24.2 Å². The molecule has 0 spiro atoms. The van der Waals surface area contributed by atoms with Gasteiger partial charge in [-0.25, -0.2) is 4.79 Å². The zero-order chi connectivity index (χ0) is 23.9. The van der Waals surface area contributed by atoms with Gasteiger partial charge >= 0.3 is 5.97 Å². The number of aryl methyl sites for hydroxylation is 2. The Bertz CT molecular complexity index is 1130. The van der Waals surface area contributed by atoms with Crippen molar-refractivity contribution in [2.75, 3.05) is 23.3 Å².